The minimum atomic E-state index is -0.0301. The summed E-state index contributed by atoms with van der Waals surface area (Å²) in [5.41, 5.74) is 0.527. The second kappa shape index (κ2) is 5.32. The molecule has 0 N–H and O–H groups in total. The van der Waals surface area contributed by atoms with E-state index >= 15 is 0 Å². The summed E-state index contributed by atoms with van der Waals surface area (Å²) < 4.78 is 0. The van der Waals surface area contributed by atoms with Crippen molar-refractivity contribution in [3.05, 3.63) is 16.1 Å². The molecule has 0 radical (unpaired) electrons. The Kier molecular flexibility index (Phi) is 4.35. The van der Waals surface area contributed by atoms with Crippen LogP contribution in [-0.2, 0) is 0 Å². The summed E-state index contributed by atoms with van der Waals surface area (Å²) in [5, 5.41) is 2.70. The SMILES string of the molecule is CCN(CCCl)C(=O)c1csc(C)n1. The van der Waals surface area contributed by atoms with Gasteiger partial charge in [-0.05, 0) is 13.8 Å². The topological polar surface area (TPSA) is 33.2 Å². The molecule has 1 aromatic rings. The minimum Gasteiger partial charge on any atom is -0.336 e. The number of halogens is 1. The zero-order valence-corrected chi connectivity index (χ0v) is 9.86. The molecule has 0 unspecified atom stereocenters. The van der Waals surface area contributed by atoms with E-state index in [1.54, 1.807) is 10.3 Å². The molecule has 14 heavy (non-hydrogen) atoms. The molecular formula is C9H13ClN2OS. The molecule has 0 aliphatic carbocycles. The molecule has 0 atom stereocenters. The van der Waals surface area contributed by atoms with Crippen LogP contribution < -0.4 is 0 Å². The molecule has 3 nitrogen and oxygen atoms in total. The molecule has 1 rings (SSSR count). The average Bonchev–Trinajstić information content (AvgIpc) is 2.60. The number of aromatic nitrogens is 1. The van der Waals surface area contributed by atoms with E-state index in [4.69, 9.17) is 11.6 Å². The van der Waals surface area contributed by atoms with E-state index in [1.807, 2.05) is 13.8 Å². The Labute approximate surface area is 92.7 Å². The summed E-state index contributed by atoms with van der Waals surface area (Å²) in [6, 6.07) is 0. The second-order valence-electron chi connectivity index (χ2n) is 2.83. The molecule has 1 heterocycles. The number of nitrogens with zero attached hydrogens (tertiary/aromatic N) is 2. The molecule has 0 aliphatic heterocycles. The summed E-state index contributed by atoms with van der Waals surface area (Å²) in [6.45, 7) is 5.07. The third-order valence-electron chi connectivity index (χ3n) is 1.86. The van der Waals surface area contributed by atoms with Crippen molar-refractivity contribution in [3.8, 4) is 0 Å². The van der Waals surface area contributed by atoms with Gasteiger partial charge in [0.05, 0.1) is 5.01 Å². The van der Waals surface area contributed by atoms with E-state index in [2.05, 4.69) is 4.98 Å². The van der Waals surface area contributed by atoms with Gasteiger partial charge in [-0.3, -0.25) is 4.79 Å². The highest BCUT2D eigenvalue weighted by Crippen LogP contribution is 2.10. The van der Waals surface area contributed by atoms with Crippen molar-refractivity contribution in [2.45, 2.75) is 13.8 Å². The van der Waals surface area contributed by atoms with E-state index in [-0.39, 0.29) is 5.91 Å². The lowest BCUT2D eigenvalue weighted by molar-refractivity contribution is 0.0769. The molecule has 78 valence electrons. The molecule has 0 saturated heterocycles. The lowest BCUT2D eigenvalue weighted by atomic mass is 10.4. The fourth-order valence-electron chi connectivity index (χ4n) is 1.13. The van der Waals surface area contributed by atoms with E-state index < -0.39 is 0 Å². The number of carbonyl (C=O) groups is 1. The predicted molar refractivity (Wildman–Crippen MR) is 59.1 cm³/mol. The second-order valence-corrected chi connectivity index (χ2v) is 4.27. The van der Waals surface area contributed by atoms with Gasteiger partial charge in [-0.1, -0.05) is 0 Å². The molecule has 0 aromatic carbocycles. The van der Waals surface area contributed by atoms with Crippen LogP contribution in [0.5, 0.6) is 0 Å². The van der Waals surface area contributed by atoms with Crippen molar-refractivity contribution < 1.29 is 4.79 Å². The van der Waals surface area contributed by atoms with Crippen LogP contribution in [-0.4, -0.2) is 34.8 Å². The highest BCUT2D eigenvalue weighted by Gasteiger charge is 2.15. The quantitative estimate of drug-likeness (QED) is 0.746. The summed E-state index contributed by atoms with van der Waals surface area (Å²) >= 11 is 7.09. The number of thiazole rings is 1. The third-order valence-corrected chi connectivity index (χ3v) is 2.80. The van der Waals surface area contributed by atoms with Gasteiger partial charge in [-0.2, -0.15) is 0 Å². The van der Waals surface area contributed by atoms with Gasteiger partial charge >= 0.3 is 0 Å². The van der Waals surface area contributed by atoms with Crippen LogP contribution in [0.25, 0.3) is 0 Å². The molecule has 0 saturated carbocycles. The maximum Gasteiger partial charge on any atom is 0.273 e. The first kappa shape index (κ1) is 11.5. The molecule has 0 fully saturated rings. The summed E-state index contributed by atoms with van der Waals surface area (Å²) in [7, 11) is 0. The smallest absolute Gasteiger partial charge is 0.273 e. The maximum atomic E-state index is 11.8. The molecule has 1 aromatic heterocycles. The largest absolute Gasteiger partial charge is 0.336 e. The minimum absolute atomic E-state index is 0.0301. The molecule has 1 amide bonds. The Hall–Kier alpha value is -0.610. The normalized spacial score (nSPS) is 10.2. The summed E-state index contributed by atoms with van der Waals surface area (Å²) in [5.74, 6) is 0.431. The van der Waals surface area contributed by atoms with Crippen molar-refractivity contribution >= 4 is 28.8 Å². The van der Waals surface area contributed by atoms with E-state index in [9.17, 15) is 4.79 Å². The van der Waals surface area contributed by atoms with Crippen molar-refractivity contribution in [2.75, 3.05) is 19.0 Å². The van der Waals surface area contributed by atoms with Crippen molar-refractivity contribution in [2.24, 2.45) is 0 Å². The third kappa shape index (κ3) is 2.69. The Morgan fingerprint density at radius 2 is 2.43 bits per heavy atom. The lowest BCUT2D eigenvalue weighted by Gasteiger charge is -2.17. The first-order valence-electron chi connectivity index (χ1n) is 4.46. The predicted octanol–water partition coefficient (Wildman–Crippen LogP) is 2.15. The van der Waals surface area contributed by atoms with Gasteiger partial charge in [0.1, 0.15) is 5.69 Å². The fraction of sp³-hybridized carbons (Fsp3) is 0.556. The van der Waals surface area contributed by atoms with Gasteiger partial charge in [-0.15, -0.1) is 22.9 Å². The van der Waals surface area contributed by atoms with Crippen LogP contribution in [0.15, 0.2) is 5.38 Å². The Bertz CT molecular complexity index is 314. The fourth-order valence-corrected chi connectivity index (χ4v) is 1.92. The van der Waals surface area contributed by atoms with E-state index in [0.29, 0.717) is 24.7 Å². The average molecular weight is 233 g/mol. The maximum absolute atomic E-state index is 11.8. The molecular weight excluding hydrogens is 220 g/mol. The number of hydrogen-bond acceptors (Lipinski definition) is 3. The number of alkyl halides is 1. The van der Waals surface area contributed by atoms with E-state index in [0.717, 1.165) is 5.01 Å². The summed E-state index contributed by atoms with van der Waals surface area (Å²) in [6.07, 6.45) is 0. The van der Waals surface area contributed by atoms with Crippen molar-refractivity contribution in [1.29, 1.82) is 0 Å². The molecule has 0 aliphatic rings. The Morgan fingerprint density at radius 3 is 2.86 bits per heavy atom. The Balaban J connectivity index is 2.72. The first-order chi connectivity index (χ1) is 6.69. The molecule has 0 spiro atoms. The number of amides is 1. The zero-order valence-electron chi connectivity index (χ0n) is 8.29. The van der Waals surface area contributed by atoms with Crippen LogP contribution >= 0.6 is 22.9 Å². The van der Waals surface area contributed by atoms with Gasteiger partial charge in [0, 0.05) is 24.3 Å². The van der Waals surface area contributed by atoms with E-state index in [1.165, 1.54) is 11.3 Å². The van der Waals surface area contributed by atoms with Crippen molar-refractivity contribution in [3.63, 3.8) is 0 Å². The summed E-state index contributed by atoms with van der Waals surface area (Å²) in [4.78, 5) is 17.6. The monoisotopic (exact) mass is 232 g/mol. The molecule has 5 heteroatoms. The Morgan fingerprint density at radius 1 is 1.71 bits per heavy atom. The van der Waals surface area contributed by atoms with Crippen LogP contribution in [0.3, 0.4) is 0 Å². The first-order valence-corrected chi connectivity index (χ1v) is 5.87. The highest BCUT2D eigenvalue weighted by molar-refractivity contribution is 7.09. The van der Waals surface area contributed by atoms with Gasteiger partial charge < -0.3 is 4.90 Å². The van der Waals surface area contributed by atoms with Crippen LogP contribution in [0.4, 0.5) is 0 Å². The van der Waals surface area contributed by atoms with Crippen molar-refractivity contribution in [1.82, 2.24) is 9.88 Å². The zero-order chi connectivity index (χ0) is 10.6. The van der Waals surface area contributed by atoms with Crippen LogP contribution in [0.2, 0.25) is 0 Å². The molecule has 0 bridgehead atoms. The van der Waals surface area contributed by atoms with Gasteiger partial charge in [0.25, 0.3) is 5.91 Å². The standard InChI is InChI=1S/C9H13ClN2OS/c1-3-12(5-4-10)9(13)8-6-14-7(2)11-8/h6H,3-5H2,1-2H3. The lowest BCUT2D eigenvalue weighted by Crippen LogP contribution is -2.32. The van der Waals surface area contributed by atoms with Crippen LogP contribution in [0, 0.1) is 6.92 Å². The van der Waals surface area contributed by atoms with Gasteiger partial charge in [0.15, 0.2) is 0 Å². The number of carbonyl (C=O) groups excluding carboxylic acids is 1. The van der Waals surface area contributed by atoms with Gasteiger partial charge in [-0.25, -0.2) is 4.98 Å². The number of aryl methyl sites for hydroxylation is 1. The van der Waals surface area contributed by atoms with Gasteiger partial charge in [0.2, 0.25) is 0 Å². The van der Waals surface area contributed by atoms with Crippen LogP contribution in [0.1, 0.15) is 22.4 Å². The number of hydrogen-bond donors (Lipinski definition) is 0. The highest BCUT2D eigenvalue weighted by atomic mass is 35.5. The number of rotatable bonds is 4.